The van der Waals surface area contributed by atoms with Crippen molar-refractivity contribution in [3.63, 3.8) is 0 Å². The molecule has 2 aromatic rings. The zero-order valence-corrected chi connectivity index (χ0v) is 14.4. The van der Waals surface area contributed by atoms with Crippen LogP contribution in [0.1, 0.15) is 24.0 Å². The van der Waals surface area contributed by atoms with Crippen LogP contribution in [-0.4, -0.2) is 40.2 Å². The maximum Gasteiger partial charge on any atom is 0.227 e. The molecule has 2 aliphatic rings. The molecule has 6 heteroatoms. The van der Waals surface area contributed by atoms with Gasteiger partial charge in [-0.3, -0.25) is 14.4 Å². The quantitative estimate of drug-likeness (QED) is 0.859. The minimum atomic E-state index is 0.0297. The third kappa shape index (κ3) is 3.03. The minimum absolute atomic E-state index is 0.0297. The second kappa shape index (κ2) is 6.01. The Balaban J connectivity index is 1.47. The molecule has 2 aliphatic heterocycles. The first-order chi connectivity index (χ1) is 12.1. The Bertz CT molecular complexity index is 851. The van der Waals surface area contributed by atoms with E-state index in [1.54, 1.807) is 12.1 Å². The summed E-state index contributed by atoms with van der Waals surface area (Å²) in [6, 6.07) is 9.48. The molecule has 1 aromatic carbocycles. The number of carbonyl (C=O) groups excluding carboxylic acids is 1. The largest absolute Gasteiger partial charge is 0.312 e. The van der Waals surface area contributed by atoms with Crippen molar-refractivity contribution in [2.24, 2.45) is 12.5 Å². The Labute approximate surface area is 147 Å². The molecule has 2 fully saturated rings. The Morgan fingerprint density at radius 3 is 3.00 bits per heavy atom. The van der Waals surface area contributed by atoms with Crippen LogP contribution in [0.15, 0.2) is 36.7 Å². The molecule has 1 aromatic heterocycles. The van der Waals surface area contributed by atoms with Crippen LogP contribution >= 0.6 is 0 Å². The molecule has 128 valence electrons. The molecular formula is C19H21N5O. The van der Waals surface area contributed by atoms with Crippen molar-refractivity contribution in [2.75, 3.05) is 24.5 Å². The summed E-state index contributed by atoms with van der Waals surface area (Å²) in [6.45, 7) is 3.56. The van der Waals surface area contributed by atoms with Gasteiger partial charge >= 0.3 is 0 Å². The van der Waals surface area contributed by atoms with Gasteiger partial charge in [-0.1, -0.05) is 6.07 Å². The number of aryl methyl sites for hydroxylation is 1. The highest BCUT2D eigenvalue weighted by Gasteiger charge is 2.47. The van der Waals surface area contributed by atoms with Crippen molar-refractivity contribution < 1.29 is 4.79 Å². The topological polar surface area (TPSA) is 65.2 Å². The first kappa shape index (κ1) is 15.9. The number of amides is 1. The van der Waals surface area contributed by atoms with E-state index in [1.807, 2.05) is 41.2 Å². The van der Waals surface area contributed by atoms with Crippen LogP contribution in [0.4, 0.5) is 5.69 Å². The van der Waals surface area contributed by atoms with Crippen LogP contribution in [0.3, 0.4) is 0 Å². The predicted octanol–water partition coefficient (Wildman–Crippen LogP) is 1.92. The van der Waals surface area contributed by atoms with E-state index in [0.717, 1.165) is 38.3 Å². The number of nitriles is 1. The highest BCUT2D eigenvalue weighted by molar-refractivity contribution is 5.96. The van der Waals surface area contributed by atoms with Crippen molar-refractivity contribution >= 4 is 11.6 Å². The third-order valence-corrected chi connectivity index (χ3v) is 5.29. The van der Waals surface area contributed by atoms with Gasteiger partial charge in [0.15, 0.2) is 0 Å². The van der Waals surface area contributed by atoms with Gasteiger partial charge in [0.25, 0.3) is 0 Å². The molecular weight excluding hydrogens is 314 g/mol. The fourth-order valence-electron chi connectivity index (χ4n) is 4.12. The summed E-state index contributed by atoms with van der Waals surface area (Å²) in [7, 11) is 1.93. The molecule has 4 rings (SSSR count). The molecule has 0 saturated carbocycles. The van der Waals surface area contributed by atoms with E-state index in [-0.39, 0.29) is 11.3 Å². The molecule has 1 atom stereocenters. The van der Waals surface area contributed by atoms with Crippen molar-refractivity contribution in [3.8, 4) is 6.07 Å². The fourth-order valence-corrected chi connectivity index (χ4v) is 4.12. The van der Waals surface area contributed by atoms with Gasteiger partial charge in [-0.25, -0.2) is 0 Å². The van der Waals surface area contributed by atoms with E-state index in [4.69, 9.17) is 5.26 Å². The van der Waals surface area contributed by atoms with Crippen molar-refractivity contribution in [2.45, 2.75) is 19.4 Å². The summed E-state index contributed by atoms with van der Waals surface area (Å²) in [6.07, 6.45) is 5.58. The zero-order valence-electron chi connectivity index (χ0n) is 14.4. The molecule has 0 N–H and O–H groups in total. The van der Waals surface area contributed by atoms with Gasteiger partial charge in [-0.05, 0) is 31.2 Å². The van der Waals surface area contributed by atoms with Crippen LogP contribution in [0.2, 0.25) is 0 Å². The van der Waals surface area contributed by atoms with Crippen LogP contribution in [0.5, 0.6) is 0 Å². The standard InChI is InChI=1S/C19H21N5O/c1-22-11-16(10-21-22)12-23-6-5-19(13-23)8-18(25)24(14-19)17-4-2-3-15(7-17)9-20/h2-4,7,10-11H,5-6,8,12-14H2,1H3. The first-order valence-corrected chi connectivity index (χ1v) is 8.57. The number of benzene rings is 1. The lowest BCUT2D eigenvalue weighted by Gasteiger charge is -2.24. The second-order valence-electron chi connectivity index (χ2n) is 7.30. The molecule has 0 radical (unpaired) electrons. The summed E-state index contributed by atoms with van der Waals surface area (Å²) in [5, 5.41) is 13.3. The normalized spacial score (nSPS) is 23.5. The van der Waals surface area contributed by atoms with E-state index in [1.165, 1.54) is 5.56 Å². The maximum atomic E-state index is 12.6. The Morgan fingerprint density at radius 2 is 2.24 bits per heavy atom. The van der Waals surface area contributed by atoms with Gasteiger partial charge in [-0.15, -0.1) is 0 Å². The lowest BCUT2D eigenvalue weighted by atomic mass is 9.86. The van der Waals surface area contributed by atoms with Gasteiger partial charge in [0.1, 0.15) is 0 Å². The van der Waals surface area contributed by atoms with Crippen LogP contribution < -0.4 is 4.90 Å². The summed E-state index contributed by atoms with van der Waals surface area (Å²) in [5.41, 5.74) is 2.67. The highest BCUT2D eigenvalue weighted by atomic mass is 16.2. The molecule has 3 heterocycles. The number of carbonyl (C=O) groups is 1. The van der Waals surface area contributed by atoms with Crippen LogP contribution in [0.25, 0.3) is 0 Å². The van der Waals surface area contributed by atoms with Crippen LogP contribution in [-0.2, 0) is 18.4 Å². The Morgan fingerprint density at radius 1 is 1.36 bits per heavy atom. The molecule has 0 aliphatic carbocycles. The average Bonchev–Trinajstić information content (AvgIpc) is 3.28. The minimum Gasteiger partial charge on any atom is -0.312 e. The fraction of sp³-hybridized carbons (Fsp3) is 0.421. The van der Waals surface area contributed by atoms with Crippen molar-refractivity contribution in [3.05, 3.63) is 47.8 Å². The van der Waals surface area contributed by atoms with E-state index >= 15 is 0 Å². The number of likely N-dealkylation sites (tertiary alicyclic amines) is 1. The molecule has 0 bridgehead atoms. The number of nitrogens with zero attached hydrogens (tertiary/aromatic N) is 5. The number of hydrogen-bond donors (Lipinski definition) is 0. The van der Waals surface area contributed by atoms with E-state index < -0.39 is 0 Å². The van der Waals surface area contributed by atoms with Gasteiger partial charge < -0.3 is 4.90 Å². The van der Waals surface area contributed by atoms with Crippen LogP contribution in [0, 0.1) is 16.7 Å². The Hall–Kier alpha value is -2.65. The summed E-state index contributed by atoms with van der Waals surface area (Å²) < 4.78 is 1.82. The van der Waals surface area contributed by atoms with E-state index in [9.17, 15) is 4.79 Å². The first-order valence-electron chi connectivity index (χ1n) is 8.57. The highest BCUT2D eigenvalue weighted by Crippen LogP contribution is 2.42. The second-order valence-corrected chi connectivity index (χ2v) is 7.30. The molecule has 1 amide bonds. The third-order valence-electron chi connectivity index (χ3n) is 5.29. The van der Waals surface area contributed by atoms with Crippen molar-refractivity contribution in [1.29, 1.82) is 5.26 Å². The van der Waals surface area contributed by atoms with Crippen molar-refractivity contribution in [1.82, 2.24) is 14.7 Å². The maximum absolute atomic E-state index is 12.6. The average molecular weight is 335 g/mol. The number of aromatic nitrogens is 2. The monoisotopic (exact) mass is 335 g/mol. The predicted molar refractivity (Wildman–Crippen MR) is 93.7 cm³/mol. The molecule has 1 spiro atoms. The molecule has 1 unspecified atom stereocenters. The zero-order chi connectivity index (χ0) is 17.4. The lowest BCUT2D eigenvalue weighted by Crippen LogP contribution is -2.31. The van der Waals surface area contributed by atoms with Gasteiger partial charge in [-0.2, -0.15) is 10.4 Å². The van der Waals surface area contributed by atoms with Gasteiger partial charge in [0.05, 0.1) is 17.8 Å². The lowest BCUT2D eigenvalue weighted by molar-refractivity contribution is -0.117. The summed E-state index contributed by atoms with van der Waals surface area (Å²) >= 11 is 0. The Kier molecular flexibility index (Phi) is 3.81. The molecule has 25 heavy (non-hydrogen) atoms. The number of anilines is 1. The van der Waals surface area contributed by atoms with Gasteiger partial charge in [0, 0.05) is 56.0 Å². The van der Waals surface area contributed by atoms with Gasteiger partial charge in [0.2, 0.25) is 5.91 Å². The summed E-state index contributed by atoms with van der Waals surface area (Å²) in [5.74, 6) is 0.165. The number of rotatable bonds is 3. The van der Waals surface area contributed by atoms with E-state index in [0.29, 0.717) is 12.0 Å². The summed E-state index contributed by atoms with van der Waals surface area (Å²) in [4.78, 5) is 16.9. The van der Waals surface area contributed by atoms with E-state index in [2.05, 4.69) is 16.1 Å². The molecule has 6 nitrogen and oxygen atoms in total. The smallest absolute Gasteiger partial charge is 0.227 e. The number of hydrogen-bond acceptors (Lipinski definition) is 4. The molecule has 2 saturated heterocycles. The SMILES string of the molecule is Cn1cc(CN2CCC3(CC(=O)N(c4cccc(C#N)c4)C3)C2)cn1.